The Labute approximate surface area is 320 Å². The van der Waals surface area contributed by atoms with Gasteiger partial charge in [0.1, 0.15) is 59.9 Å². The molecule has 17 heteroatoms. The maximum atomic E-state index is 13.4. The number of rotatable bonds is 14. The number of aryl methyl sites for hydroxylation is 1. The Morgan fingerprint density at radius 3 is 2.66 bits per heavy atom. The fourth-order valence-electron chi connectivity index (χ4n) is 8.22. The lowest BCUT2D eigenvalue weighted by Gasteiger charge is -2.44. The van der Waals surface area contributed by atoms with Gasteiger partial charge in [0.05, 0.1) is 42.2 Å². The Morgan fingerprint density at radius 1 is 1.12 bits per heavy atom. The summed E-state index contributed by atoms with van der Waals surface area (Å²) >= 11 is 0. The zero-order valence-corrected chi connectivity index (χ0v) is 30.9. The van der Waals surface area contributed by atoms with E-state index in [0.717, 1.165) is 11.3 Å². The number of hydrogen-bond donors (Lipinski definition) is 7. The molecule has 17 nitrogen and oxygen atoms in total. The van der Waals surface area contributed by atoms with Crippen molar-refractivity contribution in [1.29, 1.82) is 0 Å². The monoisotopic (exact) mass is 775 g/mol. The summed E-state index contributed by atoms with van der Waals surface area (Å²) < 4.78 is 13.2. The number of β-amino-alcohol motifs (C(OH)–C–C–N with tert-alkyl or cyclic N) is 1. The minimum Gasteiger partial charge on any atom is -0.482 e. The molecule has 8 unspecified atom stereocenters. The Kier molecular flexibility index (Phi) is 9.99. The van der Waals surface area contributed by atoms with E-state index in [1.54, 1.807) is 25.3 Å². The largest absolute Gasteiger partial charge is 0.482 e. The van der Waals surface area contributed by atoms with E-state index >= 15 is 0 Å². The Hall–Kier alpha value is -4.72. The van der Waals surface area contributed by atoms with Gasteiger partial charge >= 0.3 is 0 Å². The van der Waals surface area contributed by atoms with E-state index in [0.29, 0.717) is 77.5 Å². The second kappa shape index (κ2) is 14.7. The summed E-state index contributed by atoms with van der Waals surface area (Å²) in [5.74, 6) is 0.922. The quantitative estimate of drug-likeness (QED) is 0.0988. The molecular weight excluding hydrogens is 730 g/mol. The minimum atomic E-state index is -2.57. The van der Waals surface area contributed by atoms with Gasteiger partial charge in [-0.25, -0.2) is 9.78 Å². The summed E-state index contributed by atoms with van der Waals surface area (Å²) in [6.07, 6.45) is 3.55. The second-order valence-electron chi connectivity index (χ2n) is 15.5. The van der Waals surface area contributed by atoms with Crippen molar-refractivity contribution >= 4 is 35.0 Å². The van der Waals surface area contributed by atoms with E-state index < -0.39 is 61.6 Å². The first kappa shape index (κ1) is 38.2. The zero-order chi connectivity index (χ0) is 39.5. The maximum Gasteiger partial charge on any atom is 0.220 e. The van der Waals surface area contributed by atoms with Gasteiger partial charge in [0.15, 0.2) is 16.8 Å². The predicted molar refractivity (Wildman–Crippen MR) is 201 cm³/mol. The van der Waals surface area contributed by atoms with Crippen molar-refractivity contribution in [2.24, 2.45) is 15.9 Å². The highest BCUT2D eigenvalue weighted by molar-refractivity contribution is 5.96. The van der Waals surface area contributed by atoms with Gasteiger partial charge in [-0.3, -0.25) is 19.6 Å². The average molecular weight is 776 g/mol. The van der Waals surface area contributed by atoms with Gasteiger partial charge in [-0.1, -0.05) is 0 Å². The third kappa shape index (κ3) is 6.77. The second-order valence-corrected chi connectivity index (χ2v) is 15.5. The molecule has 1 aromatic carbocycles. The Morgan fingerprint density at radius 2 is 1.91 bits per heavy atom. The molecule has 8 atom stereocenters. The first-order chi connectivity index (χ1) is 26.8. The number of aliphatic hydroxyl groups is 6. The third-order valence-corrected chi connectivity index (χ3v) is 11.5. The van der Waals surface area contributed by atoms with Crippen LogP contribution in [0.2, 0.25) is 0 Å². The van der Waals surface area contributed by atoms with Crippen molar-refractivity contribution in [3.05, 3.63) is 80.8 Å². The third-order valence-electron chi connectivity index (χ3n) is 11.5. The standard InChI is InChI=1S/C39H45N5O12/c1-20-9-28(46)24-11-23-12-31(56-53-18-30(48)39(52,37(51)29(47)17-45)19-44-27-5-8-40-25(27)13-33(44)50)38(2,6-3-21-10-32(49)42-14-21)55-35(23)34(36(24)54-20)43-15-22-4-7-41-26(22)16-43/h4-5,7-9,11,13,16,21,29-31,33,37,45,47-48,50-52H,3,6,10,12,14-15,17-19H2,1-2H3,(H,42,49). The molecule has 0 spiro atoms. The molecule has 0 saturated carbocycles. The lowest BCUT2D eigenvalue weighted by atomic mass is 9.83. The van der Waals surface area contributed by atoms with Crippen LogP contribution < -0.4 is 20.4 Å². The van der Waals surface area contributed by atoms with E-state index in [2.05, 4.69) is 15.3 Å². The van der Waals surface area contributed by atoms with Gasteiger partial charge in [-0.2, -0.15) is 0 Å². The number of carbonyl (C=O) groups is 1. The molecule has 1 saturated heterocycles. The van der Waals surface area contributed by atoms with Gasteiger partial charge in [0, 0.05) is 55.2 Å². The van der Waals surface area contributed by atoms with Crippen molar-refractivity contribution < 1.29 is 54.4 Å². The fraction of sp³-hybridized carbons (Fsp3) is 0.487. The van der Waals surface area contributed by atoms with Crippen LogP contribution in [-0.4, -0.2) is 129 Å². The normalized spacial score (nSPS) is 27.6. The number of allylic oxidation sites excluding steroid dienone is 2. The number of fused-ring (bicyclic) bond motifs is 4. The van der Waals surface area contributed by atoms with Crippen LogP contribution in [0.25, 0.3) is 11.0 Å². The number of amides is 1. The highest BCUT2D eigenvalue weighted by Crippen LogP contribution is 2.49. The van der Waals surface area contributed by atoms with Crippen LogP contribution in [0.5, 0.6) is 5.75 Å². The van der Waals surface area contributed by atoms with Crippen molar-refractivity contribution in [2.45, 2.75) is 81.4 Å². The maximum absolute atomic E-state index is 13.4. The first-order valence-corrected chi connectivity index (χ1v) is 18.6. The number of aliphatic hydroxyl groups excluding tert-OH is 5. The summed E-state index contributed by atoms with van der Waals surface area (Å²) in [6.45, 7) is 2.29. The number of nitrogens with one attached hydrogen (secondary N) is 1. The van der Waals surface area contributed by atoms with Gasteiger partial charge in [0.2, 0.25) is 5.91 Å². The molecule has 7 heterocycles. The average Bonchev–Trinajstić information content (AvgIpc) is 4.00. The number of benzene rings is 1. The molecular formula is C39H45N5O12. The van der Waals surface area contributed by atoms with Crippen LogP contribution in [0.1, 0.15) is 37.5 Å². The van der Waals surface area contributed by atoms with Crippen molar-refractivity contribution in [3.63, 3.8) is 0 Å². The molecule has 0 bridgehead atoms. The number of ether oxygens (including phenoxy) is 1. The van der Waals surface area contributed by atoms with Crippen LogP contribution in [-0.2, 0) is 21.0 Å². The van der Waals surface area contributed by atoms with Crippen LogP contribution in [0.3, 0.4) is 0 Å². The van der Waals surface area contributed by atoms with Crippen LogP contribution in [0, 0.1) is 12.8 Å². The summed E-state index contributed by atoms with van der Waals surface area (Å²) in [5.41, 5.74) is 0.251. The van der Waals surface area contributed by atoms with Gasteiger partial charge < -0.3 is 54.9 Å². The Balaban J connectivity index is 1.09. The van der Waals surface area contributed by atoms with Gasteiger partial charge in [-0.05, 0) is 56.9 Å². The van der Waals surface area contributed by atoms with E-state index in [4.69, 9.17) is 18.9 Å². The highest BCUT2D eigenvalue weighted by atomic mass is 17.2. The molecule has 6 aliphatic rings. The molecule has 56 heavy (non-hydrogen) atoms. The molecule has 0 radical (unpaired) electrons. The molecule has 2 aromatic rings. The molecule has 1 amide bonds. The summed E-state index contributed by atoms with van der Waals surface area (Å²) in [4.78, 5) is 49.0. The lowest BCUT2D eigenvalue weighted by Crippen LogP contribution is -2.64. The number of carbonyl (C=O) groups excluding carboxylic acids is 1. The smallest absolute Gasteiger partial charge is 0.220 e. The van der Waals surface area contributed by atoms with Gasteiger partial charge in [-0.15, -0.1) is 0 Å². The fourth-order valence-corrected chi connectivity index (χ4v) is 8.22. The van der Waals surface area contributed by atoms with Gasteiger partial charge in [0.25, 0.3) is 0 Å². The van der Waals surface area contributed by atoms with E-state index in [9.17, 15) is 40.2 Å². The first-order valence-electron chi connectivity index (χ1n) is 18.6. The molecule has 298 valence electrons. The molecule has 6 aliphatic heterocycles. The topological polar surface area (TPSA) is 240 Å². The summed E-state index contributed by atoms with van der Waals surface area (Å²) in [7, 11) is 0. The lowest BCUT2D eigenvalue weighted by molar-refractivity contribution is -0.365. The predicted octanol–water partition coefficient (Wildman–Crippen LogP) is -0.00738. The molecule has 0 aliphatic carbocycles. The van der Waals surface area contributed by atoms with Crippen LogP contribution in [0.15, 0.2) is 78.4 Å². The highest BCUT2D eigenvalue weighted by Gasteiger charge is 2.51. The molecule has 8 rings (SSSR count). The van der Waals surface area contributed by atoms with Crippen molar-refractivity contribution in [3.8, 4) is 5.75 Å². The number of aliphatic imine (C=N–C) groups is 2. The molecule has 1 fully saturated rings. The van der Waals surface area contributed by atoms with E-state index in [1.165, 1.54) is 23.3 Å². The summed E-state index contributed by atoms with van der Waals surface area (Å²) in [6, 6.07) is 3.13. The van der Waals surface area contributed by atoms with E-state index in [-0.39, 0.29) is 23.7 Å². The number of hydrogen-bond acceptors (Lipinski definition) is 16. The van der Waals surface area contributed by atoms with Crippen molar-refractivity contribution in [1.82, 2.24) is 10.2 Å². The zero-order valence-electron chi connectivity index (χ0n) is 30.9. The van der Waals surface area contributed by atoms with E-state index in [1.807, 2.05) is 24.1 Å². The number of nitrogens with zero attached hydrogens (tertiary/aromatic N) is 4. The summed E-state index contributed by atoms with van der Waals surface area (Å²) in [5, 5.41) is 68.2. The van der Waals surface area contributed by atoms with Crippen LogP contribution in [0.4, 0.5) is 5.69 Å². The Bertz CT molecular complexity index is 2180. The molecule has 1 aromatic heterocycles. The molecule has 7 N–H and O–H groups in total. The SMILES string of the molecule is Cc1cc(=O)c2cc3c(c(N4C=C5N=CC=C5C4)c2o1)OC(C)(CCC1CNC(=O)C1)C(OOCC(O)C(O)(CN1C2=CC=NC2=CC1O)C(O)C(O)CO)C3. The van der Waals surface area contributed by atoms with Crippen LogP contribution >= 0.6 is 0 Å². The van der Waals surface area contributed by atoms with Crippen molar-refractivity contribution in [2.75, 3.05) is 37.7 Å². The minimum absolute atomic E-state index is 0.0323. The number of anilines is 1.